The Balaban J connectivity index is 2.22. The third-order valence-electron chi connectivity index (χ3n) is 2.29. The van der Waals surface area contributed by atoms with Gasteiger partial charge < -0.3 is 5.11 Å². The zero-order valence-electron chi connectivity index (χ0n) is 8.74. The molecule has 0 unspecified atom stereocenters. The zero-order valence-corrected chi connectivity index (χ0v) is 9.56. The summed E-state index contributed by atoms with van der Waals surface area (Å²) < 4.78 is 36.1. The van der Waals surface area contributed by atoms with Gasteiger partial charge in [0.05, 0.1) is 5.69 Å². The molecule has 0 atom stereocenters. The smallest absolute Gasteiger partial charge is 0.471 e. The van der Waals surface area contributed by atoms with Crippen molar-refractivity contribution in [2.75, 3.05) is 5.32 Å². The van der Waals surface area contributed by atoms with Crippen molar-refractivity contribution in [1.29, 1.82) is 0 Å². The van der Waals surface area contributed by atoms with E-state index in [4.69, 9.17) is 5.11 Å². The molecule has 0 spiro atoms. The lowest BCUT2D eigenvalue weighted by atomic mass is 10.2. The Morgan fingerprint density at radius 2 is 2.00 bits per heavy atom. The van der Waals surface area contributed by atoms with Crippen LogP contribution in [-0.2, 0) is 4.79 Å². The predicted octanol–water partition coefficient (Wildman–Crippen LogP) is 2.22. The number of anilines is 1. The molecule has 1 aliphatic rings. The standard InChI is InChI=1S/C9H7F3N2O3S/c10-9(11,12)7(17)14-8-13-4(3-1-2-3)5(18-8)6(15)16/h3H,1-2H2,(H,15,16)(H,13,14,17). The molecule has 0 bridgehead atoms. The Morgan fingerprint density at radius 3 is 2.44 bits per heavy atom. The van der Waals surface area contributed by atoms with Gasteiger partial charge in [0.2, 0.25) is 0 Å². The summed E-state index contributed by atoms with van der Waals surface area (Å²) in [4.78, 5) is 25.2. The lowest BCUT2D eigenvalue weighted by molar-refractivity contribution is -0.167. The molecule has 1 aromatic heterocycles. The fourth-order valence-corrected chi connectivity index (χ4v) is 2.23. The first-order chi connectivity index (χ1) is 8.29. The summed E-state index contributed by atoms with van der Waals surface area (Å²) >= 11 is 0.538. The lowest BCUT2D eigenvalue weighted by Crippen LogP contribution is -2.29. The van der Waals surface area contributed by atoms with Crippen LogP contribution in [0.5, 0.6) is 0 Å². The number of nitrogens with one attached hydrogen (secondary N) is 1. The number of carboxylic acids is 1. The number of carboxylic acid groups (broad SMARTS) is 1. The highest BCUT2D eigenvalue weighted by atomic mass is 32.1. The first kappa shape index (κ1) is 12.8. The quantitative estimate of drug-likeness (QED) is 0.889. The van der Waals surface area contributed by atoms with Crippen molar-refractivity contribution in [1.82, 2.24) is 4.98 Å². The van der Waals surface area contributed by atoms with E-state index in [-0.39, 0.29) is 21.6 Å². The molecule has 0 saturated heterocycles. The zero-order chi connectivity index (χ0) is 13.5. The van der Waals surface area contributed by atoms with Crippen LogP contribution < -0.4 is 5.32 Å². The van der Waals surface area contributed by atoms with Crippen molar-refractivity contribution < 1.29 is 27.9 Å². The third-order valence-corrected chi connectivity index (χ3v) is 3.26. The van der Waals surface area contributed by atoms with E-state index in [1.54, 1.807) is 5.32 Å². The van der Waals surface area contributed by atoms with E-state index in [0.29, 0.717) is 11.3 Å². The predicted molar refractivity (Wildman–Crippen MR) is 55.7 cm³/mol. The summed E-state index contributed by atoms with van der Waals surface area (Å²) in [6.07, 6.45) is -3.50. The van der Waals surface area contributed by atoms with Gasteiger partial charge in [-0.3, -0.25) is 10.1 Å². The molecule has 0 radical (unpaired) electrons. The molecule has 9 heteroatoms. The molecule has 18 heavy (non-hydrogen) atoms. The summed E-state index contributed by atoms with van der Waals surface area (Å²) in [5.74, 6) is -3.43. The molecule has 2 N–H and O–H groups in total. The number of aromatic nitrogens is 1. The fourth-order valence-electron chi connectivity index (χ4n) is 1.34. The molecule has 1 heterocycles. The Hall–Kier alpha value is -1.64. The highest BCUT2D eigenvalue weighted by Gasteiger charge is 2.40. The SMILES string of the molecule is O=C(O)c1sc(NC(=O)C(F)(F)F)nc1C1CC1. The summed E-state index contributed by atoms with van der Waals surface area (Å²) in [5.41, 5.74) is 0.255. The van der Waals surface area contributed by atoms with E-state index in [9.17, 15) is 22.8 Å². The van der Waals surface area contributed by atoms with Gasteiger partial charge in [-0.25, -0.2) is 9.78 Å². The number of alkyl halides is 3. The molecule has 5 nitrogen and oxygen atoms in total. The van der Waals surface area contributed by atoms with Crippen LogP contribution in [0.4, 0.5) is 18.3 Å². The molecule has 1 saturated carbocycles. The minimum atomic E-state index is -5.02. The molecule has 1 amide bonds. The van der Waals surface area contributed by atoms with Crippen LogP contribution in [0.1, 0.15) is 34.1 Å². The summed E-state index contributed by atoms with van der Waals surface area (Å²) in [7, 11) is 0. The van der Waals surface area contributed by atoms with Crippen molar-refractivity contribution in [2.45, 2.75) is 24.9 Å². The molecule has 0 aromatic carbocycles. The Bertz CT molecular complexity index is 508. The fraction of sp³-hybridized carbons (Fsp3) is 0.444. The van der Waals surface area contributed by atoms with Gasteiger partial charge in [-0.1, -0.05) is 11.3 Å². The first-order valence-electron chi connectivity index (χ1n) is 4.91. The average Bonchev–Trinajstić information content (AvgIpc) is 2.98. The summed E-state index contributed by atoms with van der Waals surface area (Å²) in [6.45, 7) is 0. The van der Waals surface area contributed by atoms with Crippen LogP contribution in [0.15, 0.2) is 0 Å². The minimum absolute atomic E-state index is 0.0242. The van der Waals surface area contributed by atoms with E-state index in [1.165, 1.54) is 0 Å². The number of amides is 1. The van der Waals surface area contributed by atoms with E-state index in [0.717, 1.165) is 12.8 Å². The largest absolute Gasteiger partial charge is 0.477 e. The number of carbonyl (C=O) groups excluding carboxylic acids is 1. The number of halogens is 3. The van der Waals surface area contributed by atoms with Crippen LogP contribution in [0.2, 0.25) is 0 Å². The van der Waals surface area contributed by atoms with Crippen LogP contribution in [0.3, 0.4) is 0 Å². The number of hydrogen-bond donors (Lipinski definition) is 2. The Morgan fingerprint density at radius 1 is 1.39 bits per heavy atom. The van der Waals surface area contributed by atoms with Crippen molar-refractivity contribution in [3.63, 3.8) is 0 Å². The Labute approximate surface area is 103 Å². The number of nitrogens with zero attached hydrogens (tertiary/aromatic N) is 1. The number of hydrogen-bond acceptors (Lipinski definition) is 4. The van der Waals surface area contributed by atoms with Crippen LogP contribution in [0.25, 0.3) is 0 Å². The average molecular weight is 280 g/mol. The maximum atomic E-state index is 12.0. The van der Waals surface area contributed by atoms with E-state index in [2.05, 4.69) is 4.98 Å². The summed E-state index contributed by atoms with van der Waals surface area (Å²) in [5, 5.41) is 10.1. The normalized spacial score (nSPS) is 15.5. The molecule has 1 aliphatic carbocycles. The first-order valence-corrected chi connectivity index (χ1v) is 5.73. The number of rotatable bonds is 3. The highest BCUT2D eigenvalue weighted by molar-refractivity contribution is 7.17. The minimum Gasteiger partial charge on any atom is -0.477 e. The Kier molecular flexibility index (Phi) is 3.01. The monoisotopic (exact) mass is 280 g/mol. The van der Waals surface area contributed by atoms with Gasteiger partial charge in [-0.05, 0) is 12.8 Å². The van der Waals surface area contributed by atoms with Crippen molar-refractivity contribution >= 4 is 28.3 Å². The number of aromatic carboxylic acids is 1. The summed E-state index contributed by atoms with van der Waals surface area (Å²) in [6, 6.07) is 0. The molecule has 1 aromatic rings. The molecule has 98 valence electrons. The second-order valence-corrected chi connectivity index (χ2v) is 4.76. The number of thiazole rings is 1. The molecular weight excluding hydrogens is 273 g/mol. The maximum absolute atomic E-state index is 12.0. The van der Waals surface area contributed by atoms with Crippen molar-refractivity contribution in [3.8, 4) is 0 Å². The van der Waals surface area contributed by atoms with E-state index < -0.39 is 18.1 Å². The van der Waals surface area contributed by atoms with Crippen LogP contribution in [-0.4, -0.2) is 28.1 Å². The van der Waals surface area contributed by atoms with Gasteiger partial charge >= 0.3 is 18.1 Å². The van der Waals surface area contributed by atoms with Gasteiger partial charge in [-0.15, -0.1) is 0 Å². The maximum Gasteiger partial charge on any atom is 0.471 e. The highest BCUT2D eigenvalue weighted by Crippen LogP contribution is 2.43. The van der Waals surface area contributed by atoms with Gasteiger partial charge in [0.1, 0.15) is 4.88 Å². The molecule has 0 aliphatic heterocycles. The van der Waals surface area contributed by atoms with Gasteiger partial charge in [-0.2, -0.15) is 13.2 Å². The topological polar surface area (TPSA) is 79.3 Å². The van der Waals surface area contributed by atoms with Gasteiger partial charge in [0.25, 0.3) is 0 Å². The number of carbonyl (C=O) groups is 2. The lowest BCUT2D eigenvalue weighted by Gasteiger charge is -2.04. The van der Waals surface area contributed by atoms with E-state index in [1.807, 2.05) is 0 Å². The van der Waals surface area contributed by atoms with Crippen LogP contribution >= 0.6 is 11.3 Å². The van der Waals surface area contributed by atoms with Crippen molar-refractivity contribution in [3.05, 3.63) is 10.6 Å². The molecule has 2 rings (SSSR count). The molecule has 1 fully saturated rings. The van der Waals surface area contributed by atoms with Crippen LogP contribution in [0, 0.1) is 0 Å². The second kappa shape index (κ2) is 4.23. The molecular formula is C9H7F3N2O3S. The van der Waals surface area contributed by atoms with Gasteiger partial charge in [0.15, 0.2) is 5.13 Å². The van der Waals surface area contributed by atoms with Gasteiger partial charge in [0, 0.05) is 5.92 Å². The third kappa shape index (κ3) is 2.61. The van der Waals surface area contributed by atoms with E-state index >= 15 is 0 Å². The van der Waals surface area contributed by atoms with Crippen molar-refractivity contribution in [2.24, 2.45) is 0 Å². The second-order valence-electron chi connectivity index (χ2n) is 3.76.